The molecule has 1 amide bonds. The smallest absolute Gasteiger partial charge is 0.234 e. The number of hydrogen-bond donors (Lipinski definition) is 1. The van der Waals surface area contributed by atoms with Crippen LogP contribution < -0.4 is 10.2 Å². The van der Waals surface area contributed by atoms with Crippen LogP contribution in [0.4, 0.5) is 5.69 Å². The van der Waals surface area contributed by atoms with Crippen molar-refractivity contribution in [2.75, 3.05) is 70.5 Å². The zero-order valence-corrected chi connectivity index (χ0v) is 17.2. The third kappa shape index (κ3) is 5.57. The molecule has 150 valence electrons. The molecule has 1 aromatic rings. The third-order valence-electron chi connectivity index (χ3n) is 5.52. The van der Waals surface area contributed by atoms with Gasteiger partial charge in [0.25, 0.3) is 0 Å². The van der Waals surface area contributed by atoms with Crippen LogP contribution in [0.5, 0.6) is 0 Å². The lowest BCUT2D eigenvalue weighted by Gasteiger charge is -2.41. The maximum atomic E-state index is 12.4. The Bertz CT molecular complexity index is 626. The minimum absolute atomic E-state index is 0.0534. The van der Waals surface area contributed by atoms with Crippen LogP contribution in [0.1, 0.15) is 13.8 Å². The van der Waals surface area contributed by atoms with E-state index in [0.717, 1.165) is 63.2 Å². The lowest BCUT2D eigenvalue weighted by molar-refractivity contribution is -0.123. The van der Waals surface area contributed by atoms with Crippen LogP contribution in [0.25, 0.3) is 0 Å². The summed E-state index contributed by atoms with van der Waals surface area (Å²) < 4.78 is 5.42. The average molecular weight is 395 g/mol. The maximum absolute atomic E-state index is 12.4. The van der Waals surface area contributed by atoms with Gasteiger partial charge in [-0.2, -0.15) is 0 Å². The first-order valence-corrected chi connectivity index (χ1v) is 10.1. The van der Waals surface area contributed by atoms with Crippen LogP contribution in [-0.4, -0.2) is 86.8 Å². The van der Waals surface area contributed by atoms with Crippen LogP contribution in [0.2, 0.25) is 5.02 Å². The summed E-state index contributed by atoms with van der Waals surface area (Å²) in [6.45, 7) is 12.4. The van der Waals surface area contributed by atoms with Crippen molar-refractivity contribution < 1.29 is 9.53 Å². The van der Waals surface area contributed by atoms with E-state index in [1.165, 1.54) is 0 Å². The molecule has 2 aliphatic rings. The summed E-state index contributed by atoms with van der Waals surface area (Å²) in [5.74, 6) is 0.0996. The van der Waals surface area contributed by atoms with Gasteiger partial charge in [-0.25, -0.2) is 0 Å². The van der Waals surface area contributed by atoms with Gasteiger partial charge in [0, 0.05) is 51.4 Å². The number of nitrogens with one attached hydrogen (secondary N) is 1. The molecule has 0 spiro atoms. The molecule has 2 aliphatic heterocycles. The van der Waals surface area contributed by atoms with Gasteiger partial charge in [0.05, 0.1) is 30.5 Å². The molecule has 1 N–H and O–H groups in total. The second-order valence-corrected chi connectivity index (χ2v) is 8.31. The number of ether oxygens (including phenoxy) is 1. The van der Waals surface area contributed by atoms with Crippen LogP contribution >= 0.6 is 11.6 Å². The van der Waals surface area contributed by atoms with Crippen molar-refractivity contribution in [2.45, 2.75) is 19.4 Å². The van der Waals surface area contributed by atoms with E-state index in [-0.39, 0.29) is 11.4 Å². The number of anilines is 1. The number of halogens is 1. The number of para-hydroxylation sites is 1. The van der Waals surface area contributed by atoms with Gasteiger partial charge in [0.15, 0.2) is 0 Å². The molecule has 3 rings (SSSR count). The normalized spacial score (nSPS) is 19.9. The lowest BCUT2D eigenvalue weighted by Crippen LogP contribution is -2.56. The monoisotopic (exact) mass is 394 g/mol. The standard InChI is InChI=1S/C20H31ClN4O2/c1-20(2,25-11-13-27-14-12-25)16-22-19(26)15-23-7-9-24(10-8-23)18-6-4-3-5-17(18)21/h3-6H,7-16H2,1-2H3,(H,22,26). The van der Waals surface area contributed by atoms with E-state index in [0.29, 0.717) is 13.1 Å². The quantitative estimate of drug-likeness (QED) is 0.795. The Labute approximate surface area is 167 Å². The minimum Gasteiger partial charge on any atom is -0.379 e. The van der Waals surface area contributed by atoms with E-state index in [2.05, 4.69) is 39.9 Å². The van der Waals surface area contributed by atoms with Crippen molar-refractivity contribution in [3.05, 3.63) is 29.3 Å². The molecule has 2 heterocycles. The lowest BCUT2D eigenvalue weighted by atomic mass is 10.0. The molecule has 0 bridgehead atoms. The van der Waals surface area contributed by atoms with Gasteiger partial charge in [-0.05, 0) is 26.0 Å². The van der Waals surface area contributed by atoms with Gasteiger partial charge >= 0.3 is 0 Å². The summed E-state index contributed by atoms with van der Waals surface area (Å²) in [4.78, 5) is 19.3. The van der Waals surface area contributed by atoms with Crippen LogP contribution in [0.15, 0.2) is 24.3 Å². The Morgan fingerprint density at radius 1 is 1.11 bits per heavy atom. The highest BCUT2D eigenvalue weighted by Gasteiger charge is 2.29. The third-order valence-corrected chi connectivity index (χ3v) is 5.84. The molecule has 7 heteroatoms. The molecule has 0 saturated carbocycles. The van der Waals surface area contributed by atoms with Crippen LogP contribution in [-0.2, 0) is 9.53 Å². The van der Waals surface area contributed by atoms with E-state index in [1.54, 1.807) is 0 Å². The van der Waals surface area contributed by atoms with E-state index < -0.39 is 0 Å². The summed E-state index contributed by atoms with van der Waals surface area (Å²) in [5.41, 5.74) is 1.03. The number of rotatable bonds is 6. The number of benzene rings is 1. The summed E-state index contributed by atoms with van der Waals surface area (Å²) in [6, 6.07) is 7.94. The highest BCUT2D eigenvalue weighted by Crippen LogP contribution is 2.25. The number of piperazine rings is 1. The molecule has 27 heavy (non-hydrogen) atoms. The first kappa shape index (κ1) is 20.4. The highest BCUT2D eigenvalue weighted by atomic mass is 35.5. The van der Waals surface area contributed by atoms with Crippen molar-refractivity contribution in [2.24, 2.45) is 0 Å². The predicted molar refractivity (Wildman–Crippen MR) is 110 cm³/mol. The summed E-state index contributed by atoms with van der Waals surface area (Å²) in [6.07, 6.45) is 0. The number of carbonyl (C=O) groups excluding carboxylic acids is 1. The molecule has 0 radical (unpaired) electrons. The molecule has 1 aromatic carbocycles. The number of nitrogens with zero attached hydrogens (tertiary/aromatic N) is 3. The average Bonchev–Trinajstić information content (AvgIpc) is 2.68. The Balaban J connectivity index is 1.41. The molecule has 0 unspecified atom stereocenters. The molecule has 6 nitrogen and oxygen atoms in total. The van der Waals surface area contributed by atoms with Crippen molar-refractivity contribution >= 4 is 23.2 Å². The first-order chi connectivity index (χ1) is 13.0. The summed E-state index contributed by atoms with van der Waals surface area (Å²) in [7, 11) is 0. The van der Waals surface area contributed by atoms with Gasteiger partial charge in [-0.15, -0.1) is 0 Å². The largest absolute Gasteiger partial charge is 0.379 e. The maximum Gasteiger partial charge on any atom is 0.234 e. The highest BCUT2D eigenvalue weighted by molar-refractivity contribution is 6.33. The van der Waals surface area contributed by atoms with Crippen LogP contribution in [0, 0.1) is 0 Å². The van der Waals surface area contributed by atoms with Gasteiger partial charge in [-0.3, -0.25) is 14.6 Å². The zero-order chi connectivity index (χ0) is 19.3. The van der Waals surface area contributed by atoms with Gasteiger partial charge in [0.1, 0.15) is 0 Å². The van der Waals surface area contributed by atoms with Crippen molar-refractivity contribution in [1.82, 2.24) is 15.1 Å². The second kappa shape index (κ2) is 9.24. The summed E-state index contributed by atoms with van der Waals surface area (Å²) in [5, 5.41) is 3.91. The predicted octanol–water partition coefficient (Wildman–Crippen LogP) is 1.69. The van der Waals surface area contributed by atoms with Crippen molar-refractivity contribution in [1.29, 1.82) is 0 Å². The fraction of sp³-hybridized carbons (Fsp3) is 0.650. The molecule has 2 saturated heterocycles. The minimum atomic E-state index is -0.0534. The summed E-state index contributed by atoms with van der Waals surface area (Å²) >= 11 is 6.30. The Morgan fingerprint density at radius 3 is 2.44 bits per heavy atom. The molecular weight excluding hydrogens is 364 g/mol. The van der Waals surface area contributed by atoms with E-state index >= 15 is 0 Å². The fourth-order valence-corrected chi connectivity index (χ4v) is 3.96. The van der Waals surface area contributed by atoms with Gasteiger partial charge in [0.2, 0.25) is 5.91 Å². The van der Waals surface area contributed by atoms with E-state index in [4.69, 9.17) is 16.3 Å². The Kier molecular flexibility index (Phi) is 6.98. The second-order valence-electron chi connectivity index (χ2n) is 7.90. The molecule has 0 aliphatic carbocycles. The number of amides is 1. The fourth-order valence-electron chi connectivity index (χ4n) is 3.71. The Hall–Kier alpha value is -1.34. The van der Waals surface area contributed by atoms with E-state index in [1.807, 2.05) is 18.2 Å². The SMILES string of the molecule is CC(C)(CNC(=O)CN1CCN(c2ccccc2Cl)CC1)N1CCOCC1. The first-order valence-electron chi connectivity index (χ1n) is 9.77. The Morgan fingerprint density at radius 2 is 1.78 bits per heavy atom. The molecule has 0 aromatic heterocycles. The topological polar surface area (TPSA) is 48.1 Å². The van der Waals surface area contributed by atoms with Crippen LogP contribution in [0.3, 0.4) is 0 Å². The van der Waals surface area contributed by atoms with Gasteiger partial charge < -0.3 is 15.0 Å². The van der Waals surface area contributed by atoms with Gasteiger partial charge in [-0.1, -0.05) is 23.7 Å². The van der Waals surface area contributed by atoms with Crippen molar-refractivity contribution in [3.63, 3.8) is 0 Å². The zero-order valence-electron chi connectivity index (χ0n) is 16.4. The number of hydrogen-bond acceptors (Lipinski definition) is 5. The van der Waals surface area contributed by atoms with Crippen molar-refractivity contribution in [3.8, 4) is 0 Å². The molecule has 2 fully saturated rings. The number of morpholine rings is 1. The molecule has 0 atom stereocenters. The number of carbonyl (C=O) groups is 1. The molecular formula is C20H31ClN4O2. The van der Waals surface area contributed by atoms with E-state index in [9.17, 15) is 4.79 Å².